The summed E-state index contributed by atoms with van der Waals surface area (Å²) < 4.78 is 0. The Hall–Kier alpha value is -0.120. The first-order chi connectivity index (χ1) is 9.01. The maximum absolute atomic E-state index is 3.58. The Balaban J connectivity index is 1.93. The van der Waals surface area contributed by atoms with E-state index in [-0.39, 0.29) is 0 Å². The molecular weight excluding hydrogens is 234 g/mol. The maximum atomic E-state index is 3.58. The minimum Gasteiger partial charge on any atom is -0.315 e. The van der Waals surface area contributed by atoms with Gasteiger partial charge in [0.25, 0.3) is 0 Å². The average molecular weight is 267 g/mol. The molecule has 0 aromatic carbocycles. The number of likely N-dealkylation sites (tertiary alicyclic amines) is 1. The highest BCUT2D eigenvalue weighted by Crippen LogP contribution is 2.32. The Morgan fingerprint density at radius 3 is 2.58 bits per heavy atom. The monoisotopic (exact) mass is 267 g/mol. The van der Waals surface area contributed by atoms with Crippen LogP contribution in [0.3, 0.4) is 0 Å². The molecule has 5 unspecified atom stereocenters. The molecule has 5 atom stereocenters. The van der Waals surface area contributed by atoms with Crippen LogP contribution in [0.2, 0.25) is 0 Å². The molecule has 3 nitrogen and oxygen atoms in total. The zero-order chi connectivity index (χ0) is 14.0. The van der Waals surface area contributed by atoms with Crippen molar-refractivity contribution in [1.82, 2.24) is 15.1 Å². The largest absolute Gasteiger partial charge is 0.315 e. The summed E-state index contributed by atoms with van der Waals surface area (Å²) in [6.45, 7) is 8.69. The molecule has 1 aliphatic heterocycles. The van der Waals surface area contributed by atoms with Gasteiger partial charge in [-0.1, -0.05) is 13.8 Å². The molecule has 0 spiro atoms. The number of nitrogens with zero attached hydrogens (tertiary/aromatic N) is 2. The van der Waals surface area contributed by atoms with Crippen molar-refractivity contribution in [2.24, 2.45) is 17.8 Å². The first kappa shape index (κ1) is 15.3. The summed E-state index contributed by atoms with van der Waals surface area (Å²) >= 11 is 0. The Morgan fingerprint density at radius 2 is 2.00 bits per heavy atom. The number of nitrogens with one attached hydrogen (secondary N) is 1. The van der Waals surface area contributed by atoms with Crippen molar-refractivity contribution in [3.05, 3.63) is 0 Å². The van der Waals surface area contributed by atoms with Gasteiger partial charge in [-0.3, -0.25) is 0 Å². The van der Waals surface area contributed by atoms with Crippen LogP contribution in [-0.2, 0) is 0 Å². The van der Waals surface area contributed by atoms with Gasteiger partial charge in [-0.05, 0) is 64.7 Å². The number of rotatable bonds is 4. The molecule has 0 amide bonds. The molecule has 2 rings (SSSR count). The van der Waals surface area contributed by atoms with Gasteiger partial charge in [0, 0.05) is 25.2 Å². The molecule has 2 aliphatic rings. The van der Waals surface area contributed by atoms with Crippen molar-refractivity contribution in [2.75, 3.05) is 40.8 Å². The van der Waals surface area contributed by atoms with Crippen LogP contribution >= 0.6 is 0 Å². The van der Waals surface area contributed by atoms with Crippen LogP contribution < -0.4 is 5.32 Å². The smallest absolute Gasteiger partial charge is 0.0272 e. The molecular formula is C16H33N3. The van der Waals surface area contributed by atoms with E-state index in [0.717, 1.165) is 17.8 Å². The lowest BCUT2D eigenvalue weighted by atomic mass is 9.76. The maximum Gasteiger partial charge on any atom is 0.0272 e. The van der Waals surface area contributed by atoms with E-state index in [4.69, 9.17) is 0 Å². The van der Waals surface area contributed by atoms with Gasteiger partial charge in [-0.2, -0.15) is 0 Å². The van der Waals surface area contributed by atoms with Crippen molar-refractivity contribution >= 4 is 0 Å². The Labute approximate surface area is 119 Å². The van der Waals surface area contributed by atoms with E-state index >= 15 is 0 Å². The van der Waals surface area contributed by atoms with Crippen molar-refractivity contribution in [1.29, 1.82) is 0 Å². The second-order valence-electron chi connectivity index (χ2n) is 7.30. The van der Waals surface area contributed by atoms with E-state index < -0.39 is 0 Å². The predicted octanol–water partition coefficient (Wildman–Crippen LogP) is 1.89. The third kappa shape index (κ3) is 3.71. The van der Waals surface area contributed by atoms with Crippen LogP contribution in [0.5, 0.6) is 0 Å². The molecule has 0 aromatic heterocycles. The fourth-order valence-corrected chi connectivity index (χ4v) is 4.57. The van der Waals surface area contributed by atoms with Crippen LogP contribution in [-0.4, -0.2) is 62.7 Å². The second kappa shape index (κ2) is 6.55. The second-order valence-corrected chi connectivity index (χ2v) is 7.30. The van der Waals surface area contributed by atoms with E-state index in [1.54, 1.807) is 0 Å². The van der Waals surface area contributed by atoms with Crippen molar-refractivity contribution in [3.63, 3.8) is 0 Å². The van der Waals surface area contributed by atoms with Crippen LogP contribution in [0, 0.1) is 17.8 Å². The van der Waals surface area contributed by atoms with E-state index in [1.807, 2.05) is 0 Å². The molecule has 2 fully saturated rings. The Kier molecular flexibility index (Phi) is 5.27. The molecule has 0 aromatic rings. The van der Waals surface area contributed by atoms with Gasteiger partial charge < -0.3 is 15.1 Å². The van der Waals surface area contributed by atoms with Gasteiger partial charge in [0.2, 0.25) is 0 Å². The number of hydrogen-bond donors (Lipinski definition) is 1. The third-order valence-electron chi connectivity index (χ3n) is 5.34. The molecule has 1 heterocycles. The first-order valence-electron chi connectivity index (χ1n) is 8.07. The number of likely N-dealkylation sites (N-methyl/N-ethyl adjacent to an activating group) is 2. The van der Waals surface area contributed by atoms with Gasteiger partial charge >= 0.3 is 0 Å². The van der Waals surface area contributed by atoms with Gasteiger partial charge in [0.1, 0.15) is 0 Å². The zero-order valence-electron chi connectivity index (χ0n) is 13.5. The third-order valence-corrected chi connectivity index (χ3v) is 5.34. The zero-order valence-corrected chi connectivity index (χ0v) is 13.5. The highest BCUT2D eigenvalue weighted by atomic mass is 15.2. The van der Waals surface area contributed by atoms with Crippen molar-refractivity contribution in [3.8, 4) is 0 Å². The van der Waals surface area contributed by atoms with Crippen LogP contribution in [0.15, 0.2) is 0 Å². The summed E-state index contributed by atoms with van der Waals surface area (Å²) in [5, 5.41) is 3.58. The molecule has 112 valence electrons. The summed E-state index contributed by atoms with van der Waals surface area (Å²) in [5.74, 6) is 2.55. The van der Waals surface area contributed by atoms with Gasteiger partial charge in [-0.15, -0.1) is 0 Å². The Bertz CT molecular complexity index is 281. The molecule has 3 heteroatoms. The summed E-state index contributed by atoms with van der Waals surface area (Å²) in [6.07, 6.45) is 4.10. The number of hydrogen-bond acceptors (Lipinski definition) is 3. The fourth-order valence-electron chi connectivity index (χ4n) is 4.57. The lowest BCUT2D eigenvalue weighted by Gasteiger charge is -2.45. The van der Waals surface area contributed by atoms with E-state index in [2.05, 4.69) is 50.1 Å². The van der Waals surface area contributed by atoms with E-state index in [9.17, 15) is 0 Å². The van der Waals surface area contributed by atoms with Crippen LogP contribution in [0.4, 0.5) is 0 Å². The van der Waals surface area contributed by atoms with Gasteiger partial charge in [0.05, 0.1) is 0 Å². The van der Waals surface area contributed by atoms with Crippen molar-refractivity contribution < 1.29 is 0 Å². The topological polar surface area (TPSA) is 18.5 Å². The van der Waals surface area contributed by atoms with Crippen LogP contribution in [0.25, 0.3) is 0 Å². The summed E-state index contributed by atoms with van der Waals surface area (Å²) in [5.41, 5.74) is 0. The fraction of sp³-hybridized carbons (Fsp3) is 1.00. The van der Waals surface area contributed by atoms with Gasteiger partial charge in [-0.25, -0.2) is 0 Å². The SMILES string of the molecule is CNC1CC(C)CC(C)C1N(C)CC1CCN(C)C1. The Morgan fingerprint density at radius 1 is 1.26 bits per heavy atom. The highest BCUT2D eigenvalue weighted by Gasteiger charge is 2.36. The van der Waals surface area contributed by atoms with Gasteiger partial charge in [0.15, 0.2) is 0 Å². The normalized spacial score (nSPS) is 41.1. The minimum atomic E-state index is 0.669. The summed E-state index contributed by atoms with van der Waals surface area (Å²) in [4.78, 5) is 5.13. The predicted molar refractivity (Wildman–Crippen MR) is 82.4 cm³/mol. The molecule has 1 saturated heterocycles. The molecule has 1 N–H and O–H groups in total. The lowest BCUT2D eigenvalue weighted by molar-refractivity contribution is 0.0731. The lowest BCUT2D eigenvalue weighted by Crippen LogP contribution is -2.55. The van der Waals surface area contributed by atoms with Crippen LogP contribution in [0.1, 0.15) is 33.1 Å². The average Bonchev–Trinajstić information content (AvgIpc) is 2.73. The van der Waals surface area contributed by atoms with E-state index in [1.165, 1.54) is 38.9 Å². The summed E-state index contributed by atoms with van der Waals surface area (Å²) in [6, 6.07) is 1.38. The van der Waals surface area contributed by atoms with E-state index in [0.29, 0.717) is 12.1 Å². The van der Waals surface area contributed by atoms with Crippen molar-refractivity contribution in [2.45, 2.75) is 45.2 Å². The molecule has 1 saturated carbocycles. The quantitative estimate of drug-likeness (QED) is 0.839. The minimum absolute atomic E-state index is 0.669. The molecule has 0 radical (unpaired) electrons. The molecule has 1 aliphatic carbocycles. The summed E-state index contributed by atoms with van der Waals surface area (Å²) in [7, 11) is 6.74. The molecule has 0 bridgehead atoms. The standard InChI is InChI=1S/C16H33N3/c1-12-8-13(2)16(15(9-12)17-3)19(5)11-14-6-7-18(4)10-14/h12-17H,6-11H2,1-5H3. The highest BCUT2D eigenvalue weighted by molar-refractivity contribution is 4.93. The first-order valence-corrected chi connectivity index (χ1v) is 8.07. The molecule has 19 heavy (non-hydrogen) atoms.